The second kappa shape index (κ2) is 13.9. The minimum atomic E-state index is -0.450. The summed E-state index contributed by atoms with van der Waals surface area (Å²) < 4.78 is 5.95. The molecule has 0 aromatic heterocycles. The number of amides is 2. The van der Waals surface area contributed by atoms with Gasteiger partial charge in [0.05, 0.1) is 6.61 Å². The largest absolute Gasteiger partial charge is 0.494 e. The van der Waals surface area contributed by atoms with Gasteiger partial charge in [0.2, 0.25) is 11.8 Å². The second-order valence-electron chi connectivity index (χ2n) is 9.58. The summed E-state index contributed by atoms with van der Waals surface area (Å²) in [4.78, 5) is 25.2. The van der Waals surface area contributed by atoms with E-state index in [1.54, 1.807) is 24.3 Å². The normalized spacial score (nSPS) is 10.9. The van der Waals surface area contributed by atoms with Crippen molar-refractivity contribution < 1.29 is 14.3 Å². The summed E-state index contributed by atoms with van der Waals surface area (Å²) in [5, 5.41) is 2.83. The lowest BCUT2D eigenvalue weighted by molar-refractivity contribution is -0.114. The number of nitrogens with zero attached hydrogens (tertiary/aromatic N) is 1. The first-order valence-corrected chi connectivity index (χ1v) is 13.2. The summed E-state index contributed by atoms with van der Waals surface area (Å²) in [7, 11) is 0. The summed E-state index contributed by atoms with van der Waals surface area (Å²) in [5.74, 6) is 0.399. The smallest absolute Gasteiger partial charge is 0.248 e. The molecule has 0 spiro atoms. The van der Waals surface area contributed by atoms with Crippen molar-refractivity contribution in [3.8, 4) is 5.75 Å². The zero-order valence-electron chi connectivity index (χ0n) is 22.3. The second-order valence-corrected chi connectivity index (χ2v) is 9.58. The van der Waals surface area contributed by atoms with Gasteiger partial charge in [-0.3, -0.25) is 14.5 Å². The van der Waals surface area contributed by atoms with Crippen LogP contribution in [0.2, 0.25) is 0 Å². The summed E-state index contributed by atoms with van der Waals surface area (Å²) in [5.41, 5.74) is 10.3. The lowest BCUT2D eigenvalue weighted by atomic mass is 9.90. The van der Waals surface area contributed by atoms with E-state index in [2.05, 4.69) is 70.9 Å². The van der Waals surface area contributed by atoms with Gasteiger partial charge in [0.15, 0.2) is 0 Å². The molecule has 0 bridgehead atoms. The third kappa shape index (κ3) is 8.55. The van der Waals surface area contributed by atoms with E-state index in [0.29, 0.717) is 17.9 Å². The number of carbonyl (C=O) groups excluding carboxylic acids is 2. The monoisotopic (exact) mass is 521 g/mol. The summed E-state index contributed by atoms with van der Waals surface area (Å²) >= 11 is 0. The van der Waals surface area contributed by atoms with Gasteiger partial charge in [-0.25, -0.2) is 0 Å². The molecule has 6 nitrogen and oxygen atoms in total. The molecule has 200 valence electrons. The lowest BCUT2D eigenvalue weighted by Gasteiger charge is -2.28. The average molecular weight is 522 g/mol. The van der Waals surface area contributed by atoms with Crippen LogP contribution in [0.4, 0.5) is 5.69 Å². The van der Waals surface area contributed by atoms with E-state index in [-0.39, 0.29) is 11.8 Å². The first kappa shape index (κ1) is 27.6. The first-order valence-electron chi connectivity index (χ1n) is 13.2. The van der Waals surface area contributed by atoms with Crippen LogP contribution in [0.3, 0.4) is 0 Å². The van der Waals surface area contributed by atoms with Gasteiger partial charge >= 0.3 is 0 Å². The molecule has 2 amide bonds. The number of hydrogen-bond acceptors (Lipinski definition) is 4. The molecule has 0 radical (unpaired) electrons. The fourth-order valence-electron chi connectivity index (χ4n) is 4.62. The van der Waals surface area contributed by atoms with Crippen molar-refractivity contribution in [3.63, 3.8) is 0 Å². The van der Waals surface area contributed by atoms with Crippen molar-refractivity contribution in [1.29, 1.82) is 0 Å². The topological polar surface area (TPSA) is 84.7 Å². The Morgan fingerprint density at radius 2 is 1.41 bits per heavy atom. The van der Waals surface area contributed by atoms with E-state index in [1.165, 1.54) is 23.6 Å². The molecule has 0 heterocycles. The minimum absolute atomic E-state index is 0.0813. The quantitative estimate of drug-likeness (QED) is 0.216. The Kier molecular flexibility index (Phi) is 9.86. The predicted octanol–water partition coefficient (Wildman–Crippen LogP) is 5.85. The highest BCUT2D eigenvalue weighted by Crippen LogP contribution is 2.27. The maximum absolute atomic E-state index is 11.4. The number of benzene rings is 4. The molecule has 0 atom stereocenters. The van der Waals surface area contributed by atoms with Gasteiger partial charge in [0.25, 0.3) is 0 Å². The van der Waals surface area contributed by atoms with Crippen molar-refractivity contribution in [2.45, 2.75) is 25.8 Å². The van der Waals surface area contributed by atoms with Crippen LogP contribution >= 0.6 is 0 Å². The molecule has 0 fully saturated rings. The Labute approximate surface area is 230 Å². The maximum Gasteiger partial charge on any atom is 0.248 e. The van der Waals surface area contributed by atoms with E-state index in [9.17, 15) is 9.59 Å². The molecule has 4 rings (SSSR count). The average Bonchev–Trinajstić information content (AvgIpc) is 2.95. The van der Waals surface area contributed by atoms with Gasteiger partial charge in [-0.2, -0.15) is 0 Å². The number of rotatable bonds is 13. The van der Waals surface area contributed by atoms with Gasteiger partial charge in [0.1, 0.15) is 5.75 Å². The molecule has 4 aromatic rings. The summed E-state index contributed by atoms with van der Waals surface area (Å²) in [6.07, 6.45) is 0.831. The van der Waals surface area contributed by atoms with Crippen LogP contribution in [-0.2, 0) is 11.3 Å². The van der Waals surface area contributed by atoms with Crippen LogP contribution in [0.1, 0.15) is 46.3 Å². The molecule has 0 aliphatic heterocycles. The SMILES string of the molecule is CC(=O)Nc1ccc(CN(CCCOc2ccc(C(N)=O)cc2)CC(c2ccccc2)c2ccccc2)cc1. The number of nitrogens with two attached hydrogens (primary N) is 1. The van der Waals surface area contributed by atoms with Gasteiger partial charge in [0, 0.05) is 43.7 Å². The van der Waals surface area contributed by atoms with Gasteiger partial charge in [-0.15, -0.1) is 0 Å². The van der Waals surface area contributed by atoms with Crippen LogP contribution in [0.25, 0.3) is 0 Å². The Hall–Kier alpha value is -4.42. The Balaban J connectivity index is 1.47. The van der Waals surface area contributed by atoms with E-state index in [4.69, 9.17) is 10.5 Å². The third-order valence-corrected chi connectivity index (χ3v) is 6.55. The van der Waals surface area contributed by atoms with Crippen LogP contribution in [-0.4, -0.2) is 36.4 Å². The van der Waals surface area contributed by atoms with E-state index in [1.807, 2.05) is 24.3 Å². The Morgan fingerprint density at radius 1 is 0.821 bits per heavy atom. The lowest BCUT2D eigenvalue weighted by Crippen LogP contribution is -2.30. The molecular formula is C33H35N3O3. The third-order valence-electron chi connectivity index (χ3n) is 6.55. The van der Waals surface area contributed by atoms with E-state index < -0.39 is 5.91 Å². The van der Waals surface area contributed by atoms with Gasteiger partial charge in [-0.1, -0.05) is 72.8 Å². The zero-order valence-corrected chi connectivity index (χ0v) is 22.3. The van der Waals surface area contributed by atoms with Crippen LogP contribution in [0.15, 0.2) is 109 Å². The van der Waals surface area contributed by atoms with Crippen molar-refractivity contribution in [3.05, 3.63) is 131 Å². The molecule has 0 unspecified atom stereocenters. The molecule has 0 saturated heterocycles. The minimum Gasteiger partial charge on any atom is -0.494 e. The highest BCUT2D eigenvalue weighted by molar-refractivity contribution is 5.92. The standard InChI is InChI=1S/C33H35N3O3/c1-25(37)35-30-17-13-26(14-18-30)23-36(21-8-22-39-31-19-15-29(16-20-31)33(34)38)24-32(27-9-4-2-5-10-27)28-11-6-3-7-12-28/h2-7,9-20,32H,8,21-24H2,1H3,(H2,34,38)(H,35,37). The van der Waals surface area contributed by atoms with Crippen molar-refractivity contribution in [1.82, 2.24) is 4.90 Å². The van der Waals surface area contributed by atoms with E-state index >= 15 is 0 Å². The Morgan fingerprint density at radius 3 is 1.95 bits per heavy atom. The number of ether oxygens (including phenoxy) is 1. The molecule has 39 heavy (non-hydrogen) atoms. The van der Waals surface area contributed by atoms with Crippen molar-refractivity contribution in [2.24, 2.45) is 5.73 Å². The maximum atomic E-state index is 11.4. The highest BCUT2D eigenvalue weighted by Gasteiger charge is 2.19. The molecule has 0 saturated carbocycles. The molecule has 0 aliphatic carbocycles. The van der Waals surface area contributed by atoms with Crippen molar-refractivity contribution in [2.75, 3.05) is 25.0 Å². The molecule has 0 aliphatic rings. The van der Waals surface area contributed by atoms with Crippen molar-refractivity contribution >= 4 is 17.5 Å². The van der Waals surface area contributed by atoms with Crippen LogP contribution in [0, 0.1) is 0 Å². The fraction of sp³-hybridized carbons (Fsp3) is 0.212. The molecule has 4 aromatic carbocycles. The number of nitrogens with one attached hydrogen (secondary N) is 1. The molecular weight excluding hydrogens is 486 g/mol. The summed E-state index contributed by atoms with van der Waals surface area (Å²) in [6.45, 7) is 4.51. The van der Waals surface area contributed by atoms with Gasteiger partial charge in [-0.05, 0) is 59.5 Å². The van der Waals surface area contributed by atoms with E-state index in [0.717, 1.165) is 31.7 Å². The van der Waals surface area contributed by atoms with Crippen LogP contribution in [0.5, 0.6) is 5.75 Å². The number of hydrogen-bond donors (Lipinski definition) is 2. The summed E-state index contributed by atoms with van der Waals surface area (Å²) in [6, 6.07) is 36.1. The fourth-order valence-corrected chi connectivity index (χ4v) is 4.62. The zero-order chi connectivity index (χ0) is 27.5. The Bertz CT molecular complexity index is 1290. The molecule has 6 heteroatoms. The number of primary amides is 1. The highest BCUT2D eigenvalue weighted by atomic mass is 16.5. The molecule has 3 N–H and O–H groups in total. The number of anilines is 1. The van der Waals surface area contributed by atoms with Gasteiger partial charge < -0.3 is 15.8 Å². The number of carbonyl (C=O) groups is 2. The predicted molar refractivity (Wildman–Crippen MR) is 156 cm³/mol. The first-order chi connectivity index (χ1) is 19.0. The van der Waals surface area contributed by atoms with Crippen LogP contribution < -0.4 is 15.8 Å².